The van der Waals surface area contributed by atoms with Crippen LogP contribution in [0.15, 0.2) is 23.8 Å². The van der Waals surface area contributed by atoms with Crippen molar-refractivity contribution in [3.63, 3.8) is 0 Å². The molecule has 7 atom stereocenters. The summed E-state index contributed by atoms with van der Waals surface area (Å²) < 4.78 is 0. The predicted molar refractivity (Wildman–Crippen MR) is 113 cm³/mol. The second kappa shape index (κ2) is 6.82. The van der Waals surface area contributed by atoms with Gasteiger partial charge in [-0.3, -0.25) is 0 Å². The highest BCUT2D eigenvalue weighted by Crippen LogP contribution is 2.66. The van der Waals surface area contributed by atoms with Crippen molar-refractivity contribution in [3.05, 3.63) is 23.8 Å². The SMILES string of the molecule is CC(C)CCC(C)C1CCC2C3CC=C4C=CCCC4(C)C3CCC12C. The third kappa shape index (κ3) is 2.85. The van der Waals surface area contributed by atoms with E-state index in [4.69, 9.17) is 0 Å². The smallest absolute Gasteiger partial charge is 0.00445 e. The summed E-state index contributed by atoms with van der Waals surface area (Å²) in [6.45, 7) is 12.7. The van der Waals surface area contributed by atoms with Gasteiger partial charge in [-0.1, -0.05) is 65.7 Å². The van der Waals surface area contributed by atoms with Crippen LogP contribution in [-0.4, -0.2) is 0 Å². The van der Waals surface area contributed by atoms with E-state index in [1.54, 1.807) is 5.57 Å². The van der Waals surface area contributed by atoms with Gasteiger partial charge >= 0.3 is 0 Å². The molecule has 0 spiro atoms. The van der Waals surface area contributed by atoms with Crippen LogP contribution in [0.1, 0.15) is 92.4 Å². The van der Waals surface area contributed by atoms with E-state index < -0.39 is 0 Å². The number of fused-ring (bicyclic) bond motifs is 5. The van der Waals surface area contributed by atoms with Crippen LogP contribution >= 0.6 is 0 Å². The van der Waals surface area contributed by atoms with E-state index in [0.29, 0.717) is 10.8 Å². The second-order valence-corrected chi connectivity index (χ2v) is 11.3. The van der Waals surface area contributed by atoms with E-state index in [2.05, 4.69) is 52.8 Å². The first-order valence-corrected chi connectivity index (χ1v) is 11.7. The van der Waals surface area contributed by atoms with Gasteiger partial charge in [0.15, 0.2) is 0 Å². The molecular formula is C26H42. The summed E-state index contributed by atoms with van der Waals surface area (Å²) >= 11 is 0. The zero-order valence-electron chi connectivity index (χ0n) is 18.1. The van der Waals surface area contributed by atoms with E-state index in [1.807, 2.05) is 0 Å². The van der Waals surface area contributed by atoms with Crippen molar-refractivity contribution in [1.82, 2.24) is 0 Å². The van der Waals surface area contributed by atoms with Crippen LogP contribution in [-0.2, 0) is 0 Å². The minimum absolute atomic E-state index is 0.486. The lowest BCUT2D eigenvalue weighted by molar-refractivity contribution is -0.0452. The second-order valence-electron chi connectivity index (χ2n) is 11.3. The van der Waals surface area contributed by atoms with Crippen molar-refractivity contribution in [3.8, 4) is 0 Å². The van der Waals surface area contributed by atoms with Gasteiger partial charge in [0.25, 0.3) is 0 Å². The van der Waals surface area contributed by atoms with Crippen LogP contribution in [0.2, 0.25) is 0 Å². The van der Waals surface area contributed by atoms with Gasteiger partial charge in [-0.05, 0) is 96.9 Å². The Bertz CT molecular complexity index is 581. The molecule has 26 heavy (non-hydrogen) atoms. The van der Waals surface area contributed by atoms with Crippen LogP contribution in [0, 0.1) is 46.3 Å². The molecule has 4 rings (SSSR count). The molecule has 4 aliphatic carbocycles. The Labute approximate surface area is 162 Å². The lowest BCUT2D eigenvalue weighted by Gasteiger charge is -2.57. The summed E-state index contributed by atoms with van der Waals surface area (Å²) in [7, 11) is 0. The summed E-state index contributed by atoms with van der Waals surface area (Å²) in [6, 6.07) is 0. The fourth-order valence-corrected chi connectivity index (χ4v) is 8.07. The molecule has 0 aliphatic heterocycles. The molecule has 0 saturated heterocycles. The van der Waals surface area contributed by atoms with Gasteiger partial charge in [-0.25, -0.2) is 0 Å². The number of hydrogen-bond donors (Lipinski definition) is 0. The fraction of sp³-hybridized carbons (Fsp3) is 0.846. The van der Waals surface area contributed by atoms with E-state index in [1.165, 1.54) is 57.8 Å². The fourth-order valence-electron chi connectivity index (χ4n) is 8.07. The monoisotopic (exact) mass is 354 g/mol. The standard InChI is InChI=1S/C26H42/c1-18(2)9-10-19(3)22-13-14-23-21-12-11-20-8-6-7-16-25(20,4)24(21)15-17-26(22,23)5/h6,8,11,18-19,21-24H,7,9-10,12-17H2,1-5H3. The molecule has 0 bridgehead atoms. The zero-order chi connectivity index (χ0) is 18.5. The van der Waals surface area contributed by atoms with E-state index in [0.717, 1.165) is 35.5 Å². The summed E-state index contributed by atoms with van der Waals surface area (Å²) in [5, 5.41) is 0. The van der Waals surface area contributed by atoms with Crippen LogP contribution < -0.4 is 0 Å². The summed E-state index contributed by atoms with van der Waals surface area (Å²) in [4.78, 5) is 0. The van der Waals surface area contributed by atoms with Gasteiger partial charge in [0.1, 0.15) is 0 Å². The van der Waals surface area contributed by atoms with E-state index in [9.17, 15) is 0 Å². The molecule has 0 nitrogen and oxygen atoms in total. The van der Waals surface area contributed by atoms with Gasteiger partial charge < -0.3 is 0 Å². The van der Waals surface area contributed by atoms with E-state index >= 15 is 0 Å². The van der Waals surface area contributed by atoms with Gasteiger partial charge in [0, 0.05) is 0 Å². The highest BCUT2D eigenvalue weighted by molar-refractivity contribution is 5.34. The molecule has 0 aromatic heterocycles. The van der Waals surface area contributed by atoms with Crippen LogP contribution in [0.25, 0.3) is 0 Å². The molecule has 4 aliphatic rings. The maximum atomic E-state index is 2.71. The lowest BCUT2D eigenvalue weighted by Crippen LogP contribution is -2.49. The normalized spacial score (nSPS) is 45.7. The molecule has 0 aromatic carbocycles. The number of allylic oxidation sites excluding steroid dienone is 4. The Morgan fingerprint density at radius 3 is 2.58 bits per heavy atom. The molecule has 0 N–H and O–H groups in total. The Balaban J connectivity index is 1.55. The maximum absolute atomic E-state index is 2.71. The van der Waals surface area contributed by atoms with Crippen molar-refractivity contribution in [1.29, 1.82) is 0 Å². The third-order valence-electron chi connectivity index (χ3n) is 9.61. The number of hydrogen-bond acceptors (Lipinski definition) is 0. The Kier molecular flexibility index (Phi) is 4.94. The van der Waals surface area contributed by atoms with Crippen LogP contribution in [0.4, 0.5) is 0 Å². The summed E-state index contributed by atoms with van der Waals surface area (Å²) in [5.74, 6) is 5.68. The summed E-state index contributed by atoms with van der Waals surface area (Å²) in [5.41, 5.74) is 2.80. The van der Waals surface area contributed by atoms with Crippen molar-refractivity contribution in [2.75, 3.05) is 0 Å². The van der Waals surface area contributed by atoms with E-state index in [-0.39, 0.29) is 0 Å². The first-order chi connectivity index (χ1) is 12.4. The largest absolute Gasteiger partial charge is 0.0842 e. The highest BCUT2D eigenvalue weighted by atomic mass is 14.6. The zero-order valence-corrected chi connectivity index (χ0v) is 18.1. The molecule has 0 aromatic rings. The third-order valence-corrected chi connectivity index (χ3v) is 9.61. The lowest BCUT2D eigenvalue weighted by atomic mass is 9.47. The molecular weight excluding hydrogens is 312 g/mol. The van der Waals surface area contributed by atoms with Crippen LogP contribution in [0.5, 0.6) is 0 Å². The van der Waals surface area contributed by atoms with Crippen molar-refractivity contribution in [2.45, 2.75) is 92.4 Å². The average Bonchev–Trinajstić information content (AvgIpc) is 2.96. The molecule has 2 saturated carbocycles. The van der Waals surface area contributed by atoms with Crippen molar-refractivity contribution in [2.24, 2.45) is 46.3 Å². The predicted octanol–water partition coefficient (Wildman–Crippen LogP) is 7.80. The Morgan fingerprint density at radius 2 is 1.81 bits per heavy atom. The molecule has 0 amide bonds. The van der Waals surface area contributed by atoms with Crippen molar-refractivity contribution < 1.29 is 0 Å². The topological polar surface area (TPSA) is 0 Å². The molecule has 2 fully saturated rings. The molecule has 0 radical (unpaired) electrons. The van der Waals surface area contributed by atoms with Crippen molar-refractivity contribution >= 4 is 0 Å². The maximum Gasteiger partial charge on any atom is -0.00445 e. The van der Waals surface area contributed by atoms with Crippen LogP contribution in [0.3, 0.4) is 0 Å². The van der Waals surface area contributed by atoms with Gasteiger partial charge in [0.05, 0.1) is 0 Å². The minimum atomic E-state index is 0.486. The molecule has 0 heteroatoms. The first kappa shape index (κ1) is 18.8. The van der Waals surface area contributed by atoms with Gasteiger partial charge in [-0.2, -0.15) is 0 Å². The molecule has 146 valence electrons. The first-order valence-electron chi connectivity index (χ1n) is 11.7. The average molecular weight is 355 g/mol. The minimum Gasteiger partial charge on any atom is -0.0842 e. The number of rotatable bonds is 4. The molecule has 0 heterocycles. The summed E-state index contributed by atoms with van der Waals surface area (Å²) in [6.07, 6.45) is 20.5. The van der Waals surface area contributed by atoms with Gasteiger partial charge in [0.2, 0.25) is 0 Å². The highest BCUT2D eigenvalue weighted by Gasteiger charge is 2.58. The quantitative estimate of drug-likeness (QED) is 0.483. The van der Waals surface area contributed by atoms with Gasteiger partial charge in [-0.15, -0.1) is 0 Å². The Hall–Kier alpha value is -0.520. The Morgan fingerprint density at radius 1 is 1.00 bits per heavy atom. The molecule has 7 unspecified atom stereocenters.